The fourth-order valence-corrected chi connectivity index (χ4v) is 1.68. The van der Waals surface area contributed by atoms with Crippen LogP contribution in [0.3, 0.4) is 0 Å². The van der Waals surface area contributed by atoms with Gasteiger partial charge in [-0.1, -0.05) is 42.3 Å². The second-order valence-corrected chi connectivity index (χ2v) is 3.93. The Bertz CT molecular complexity index is 620. The smallest absolute Gasteiger partial charge is 0.421 e. The van der Waals surface area contributed by atoms with Crippen LogP contribution in [0.15, 0.2) is 42.5 Å². The minimum Gasteiger partial charge on any atom is -0.421 e. The lowest BCUT2D eigenvalue weighted by molar-refractivity contribution is 0.112. The summed E-state index contributed by atoms with van der Waals surface area (Å²) in [5, 5.41) is 1.88. The van der Waals surface area contributed by atoms with Gasteiger partial charge in [0.15, 0.2) is 6.61 Å². The summed E-state index contributed by atoms with van der Waals surface area (Å²) in [4.78, 5) is 11.4. The lowest BCUT2D eigenvalue weighted by Gasteiger charge is -2.06. The maximum atomic E-state index is 11.4. The Kier molecular flexibility index (Phi) is 4.42. The minimum atomic E-state index is -0.745. The first-order valence-electron chi connectivity index (χ1n) is 5.22. The van der Waals surface area contributed by atoms with Crippen molar-refractivity contribution in [3.8, 4) is 15.6 Å². The topological polar surface area (TPSA) is 35.5 Å². The lowest BCUT2D eigenvalue weighted by Crippen LogP contribution is -2.10. The predicted octanol–water partition coefficient (Wildman–Crippen LogP) is 3.75. The highest BCUT2D eigenvalue weighted by Crippen LogP contribution is 2.25. The molecule has 0 saturated heterocycles. The van der Waals surface area contributed by atoms with Crippen LogP contribution >= 0.6 is 22.6 Å². The van der Waals surface area contributed by atoms with Crippen molar-refractivity contribution in [2.75, 3.05) is 6.61 Å². The van der Waals surface area contributed by atoms with Crippen LogP contribution in [0.2, 0.25) is 0 Å². The maximum Gasteiger partial charge on any atom is 0.514 e. The maximum absolute atomic E-state index is 11.4. The number of hydrogen-bond acceptors (Lipinski definition) is 3. The number of halogens is 1. The van der Waals surface area contributed by atoms with Gasteiger partial charge in [0.1, 0.15) is 5.75 Å². The van der Waals surface area contributed by atoms with E-state index in [1.54, 1.807) is 6.07 Å². The molecule has 0 heterocycles. The summed E-state index contributed by atoms with van der Waals surface area (Å²) in [6.07, 6.45) is -0.745. The molecule has 0 saturated carbocycles. The Morgan fingerprint density at radius 1 is 1.17 bits per heavy atom. The molecule has 0 unspecified atom stereocenters. The van der Waals surface area contributed by atoms with Crippen LogP contribution in [0.1, 0.15) is 0 Å². The largest absolute Gasteiger partial charge is 0.514 e. The van der Waals surface area contributed by atoms with E-state index in [-0.39, 0.29) is 6.61 Å². The average Bonchev–Trinajstić information content (AvgIpc) is 2.39. The molecule has 0 fully saturated rings. The van der Waals surface area contributed by atoms with Gasteiger partial charge in [-0.05, 0) is 15.4 Å². The quantitative estimate of drug-likeness (QED) is 0.357. The zero-order chi connectivity index (χ0) is 12.8. The molecule has 0 aliphatic carbocycles. The SMILES string of the molecule is O=C(OCC#CI)Oc1cccc2ccccc12. The summed E-state index contributed by atoms with van der Waals surface area (Å²) in [7, 11) is 0. The van der Waals surface area contributed by atoms with Crippen LogP contribution in [0.5, 0.6) is 5.75 Å². The van der Waals surface area contributed by atoms with Gasteiger partial charge in [0.25, 0.3) is 0 Å². The van der Waals surface area contributed by atoms with Gasteiger partial charge in [-0.25, -0.2) is 4.79 Å². The highest BCUT2D eigenvalue weighted by Gasteiger charge is 2.08. The Morgan fingerprint density at radius 3 is 2.78 bits per heavy atom. The van der Waals surface area contributed by atoms with E-state index >= 15 is 0 Å². The van der Waals surface area contributed by atoms with Crippen molar-refractivity contribution in [3.63, 3.8) is 0 Å². The van der Waals surface area contributed by atoms with E-state index in [1.165, 1.54) is 0 Å². The van der Waals surface area contributed by atoms with Crippen molar-refractivity contribution in [2.24, 2.45) is 0 Å². The standard InChI is InChI=1S/C14H9IO3/c15-9-4-10-17-14(16)18-13-8-3-6-11-5-1-2-7-12(11)13/h1-3,5-8H,10H2. The molecule has 2 rings (SSSR count). The minimum absolute atomic E-state index is 0.0343. The van der Waals surface area contributed by atoms with Gasteiger partial charge in [-0.2, -0.15) is 0 Å². The summed E-state index contributed by atoms with van der Waals surface area (Å²) in [5.74, 6) is 3.10. The molecule has 2 aromatic rings. The molecule has 3 nitrogen and oxygen atoms in total. The molecular weight excluding hydrogens is 343 g/mol. The first-order valence-corrected chi connectivity index (χ1v) is 6.30. The predicted molar refractivity (Wildman–Crippen MR) is 77.7 cm³/mol. The second-order valence-electron chi connectivity index (χ2n) is 3.39. The highest BCUT2D eigenvalue weighted by atomic mass is 127. The second kappa shape index (κ2) is 6.26. The first kappa shape index (κ1) is 12.7. The van der Waals surface area contributed by atoms with E-state index in [9.17, 15) is 4.79 Å². The third-order valence-corrected chi connectivity index (χ3v) is 2.65. The van der Waals surface area contributed by atoms with Gasteiger partial charge in [-0.15, -0.1) is 0 Å². The van der Waals surface area contributed by atoms with Gasteiger partial charge >= 0.3 is 6.16 Å². The van der Waals surface area contributed by atoms with Crippen molar-refractivity contribution in [2.45, 2.75) is 0 Å². The highest BCUT2D eigenvalue weighted by molar-refractivity contribution is 14.1. The Balaban J connectivity index is 2.15. The summed E-state index contributed by atoms with van der Waals surface area (Å²) in [6.45, 7) is 0.0343. The van der Waals surface area contributed by atoms with Crippen LogP contribution in [0.25, 0.3) is 10.8 Å². The van der Waals surface area contributed by atoms with E-state index in [1.807, 2.05) is 59.0 Å². The molecule has 18 heavy (non-hydrogen) atoms. The number of rotatable bonds is 2. The molecule has 0 aromatic heterocycles. The zero-order valence-corrected chi connectivity index (χ0v) is 11.5. The number of ether oxygens (including phenoxy) is 2. The van der Waals surface area contributed by atoms with E-state index in [4.69, 9.17) is 9.47 Å². The van der Waals surface area contributed by atoms with Gasteiger partial charge < -0.3 is 9.47 Å². The normalized spacial score (nSPS) is 9.39. The first-order chi connectivity index (χ1) is 8.81. The van der Waals surface area contributed by atoms with Crippen LogP contribution in [-0.4, -0.2) is 12.8 Å². The molecule has 0 aliphatic rings. The van der Waals surface area contributed by atoms with Gasteiger partial charge in [0.2, 0.25) is 0 Å². The van der Waals surface area contributed by atoms with Crippen molar-refractivity contribution in [1.29, 1.82) is 0 Å². The fourth-order valence-electron chi connectivity index (χ4n) is 1.53. The summed E-state index contributed by atoms with van der Waals surface area (Å²) >= 11 is 1.88. The van der Waals surface area contributed by atoms with E-state index < -0.39 is 6.16 Å². The number of benzene rings is 2. The third-order valence-electron chi connectivity index (χ3n) is 2.27. The molecule has 0 spiro atoms. The van der Waals surface area contributed by atoms with Crippen molar-refractivity contribution in [3.05, 3.63) is 42.5 Å². The van der Waals surface area contributed by atoms with Crippen LogP contribution in [0, 0.1) is 9.85 Å². The van der Waals surface area contributed by atoms with Crippen LogP contribution < -0.4 is 4.74 Å². The lowest BCUT2D eigenvalue weighted by atomic mass is 10.1. The molecule has 0 atom stereocenters. The van der Waals surface area contributed by atoms with E-state index in [0.29, 0.717) is 5.75 Å². The molecule has 0 bridgehead atoms. The summed E-state index contributed by atoms with van der Waals surface area (Å²) in [5.41, 5.74) is 0. The molecule has 0 amide bonds. The van der Waals surface area contributed by atoms with Crippen molar-refractivity contribution >= 4 is 39.5 Å². The summed E-state index contributed by atoms with van der Waals surface area (Å²) in [6, 6.07) is 13.2. The average molecular weight is 352 g/mol. The Morgan fingerprint density at radius 2 is 1.94 bits per heavy atom. The molecule has 90 valence electrons. The van der Waals surface area contributed by atoms with Crippen LogP contribution in [-0.2, 0) is 4.74 Å². The Hall–Kier alpha value is -1.74. The van der Waals surface area contributed by atoms with Crippen LogP contribution in [0.4, 0.5) is 4.79 Å². The zero-order valence-electron chi connectivity index (χ0n) is 9.35. The molecular formula is C14H9IO3. The van der Waals surface area contributed by atoms with Gasteiger partial charge in [0, 0.05) is 28.0 Å². The molecule has 2 aromatic carbocycles. The molecule has 0 aliphatic heterocycles. The van der Waals surface area contributed by atoms with Gasteiger partial charge in [0.05, 0.1) is 0 Å². The number of carbonyl (C=O) groups is 1. The van der Waals surface area contributed by atoms with Crippen molar-refractivity contribution < 1.29 is 14.3 Å². The molecule has 0 radical (unpaired) electrons. The third kappa shape index (κ3) is 3.14. The van der Waals surface area contributed by atoms with E-state index in [0.717, 1.165) is 10.8 Å². The number of hydrogen-bond donors (Lipinski definition) is 0. The molecule has 4 heteroatoms. The van der Waals surface area contributed by atoms with Gasteiger partial charge in [-0.3, -0.25) is 0 Å². The number of carbonyl (C=O) groups excluding carboxylic acids is 1. The van der Waals surface area contributed by atoms with Crippen molar-refractivity contribution in [1.82, 2.24) is 0 Å². The number of fused-ring (bicyclic) bond motifs is 1. The fraction of sp³-hybridized carbons (Fsp3) is 0.0714. The molecule has 0 N–H and O–H groups in total. The van der Waals surface area contributed by atoms with E-state index in [2.05, 4.69) is 9.85 Å². The Labute approximate surface area is 118 Å². The summed E-state index contributed by atoms with van der Waals surface area (Å²) < 4.78 is 12.5. The monoisotopic (exact) mass is 352 g/mol.